The second kappa shape index (κ2) is 6.86. The van der Waals surface area contributed by atoms with Crippen LogP contribution in [0.15, 0.2) is 0 Å². The van der Waals surface area contributed by atoms with Crippen LogP contribution in [0, 0.1) is 11.3 Å². The predicted molar refractivity (Wildman–Crippen MR) is 66.2 cm³/mol. The molecule has 0 saturated carbocycles. The highest BCUT2D eigenvalue weighted by Gasteiger charge is 2.26. The van der Waals surface area contributed by atoms with Crippen molar-refractivity contribution in [2.75, 3.05) is 20.2 Å². The Hall–Kier alpha value is -0.610. The van der Waals surface area contributed by atoms with E-state index in [1.807, 2.05) is 14.0 Å². The molecule has 2 unspecified atom stereocenters. The highest BCUT2D eigenvalue weighted by Crippen LogP contribution is 2.21. The quantitative estimate of drug-likeness (QED) is 0.631. The van der Waals surface area contributed by atoms with Crippen molar-refractivity contribution in [1.82, 2.24) is 10.6 Å². The minimum absolute atomic E-state index is 0.0179. The van der Waals surface area contributed by atoms with E-state index in [0.29, 0.717) is 13.0 Å². The molecule has 0 radical (unpaired) electrons. The van der Waals surface area contributed by atoms with E-state index in [1.165, 1.54) is 0 Å². The minimum atomic E-state index is -0.0476. The van der Waals surface area contributed by atoms with Gasteiger partial charge in [-0.1, -0.05) is 27.7 Å². The van der Waals surface area contributed by atoms with Crippen LogP contribution in [-0.4, -0.2) is 37.3 Å². The van der Waals surface area contributed by atoms with Crippen molar-refractivity contribution in [2.45, 2.75) is 40.2 Å². The molecule has 0 bridgehead atoms. The zero-order valence-corrected chi connectivity index (χ0v) is 11.1. The van der Waals surface area contributed by atoms with Crippen molar-refractivity contribution in [3.63, 3.8) is 0 Å². The standard InChI is InChI=1S/C12H26N2O2/c1-9(8-13-5)11(16)14-10(6-7-15)12(2,3)4/h9-10,13,15H,6-8H2,1-5H3,(H,14,16). The van der Waals surface area contributed by atoms with Gasteiger partial charge >= 0.3 is 0 Å². The van der Waals surface area contributed by atoms with Crippen LogP contribution < -0.4 is 10.6 Å². The number of hydrogen-bond acceptors (Lipinski definition) is 3. The molecule has 0 aliphatic rings. The lowest BCUT2D eigenvalue weighted by molar-refractivity contribution is -0.126. The van der Waals surface area contributed by atoms with Crippen molar-refractivity contribution in [3.05, 3.63) is 0 Å². The number of hydrogen-bond donors (Lipinski definition) is 3. The molecule has 4 nitrogen and oxygen atoms in total. The fraction of sp³-hybridized carbons (Fsp3) is 0.917. The summed E-state index contributed by atoms with van der Waals surface area (Å²) in [6.45, 7) is 8.86. The minimum Gasteiger partial charge on any atom is -0.396 e. The first-order valence-electron chi connectivity index (χ1n) is 5.88. The number of carbonyl (C=O) groups is 1. The van der Waals surface area contributed by atoms with Gasteiger partial charge in [0, 0.05) is 25.1 Å². The molecule has 16 heavy (non-hydrogen) atoms. The first-order valence-corrected chi connectivity index (χ1v) is 5.88. The molecule has 1 amide bonds. The second-order valence-electron chi connectivity index (χ2n) is 5.40. The first-order chi connectivity index (χ1) is 7.32. The molecule has 3 N–H and O–H groups in total. The molecule has 0 aromatic heterocycles. The Balaban J connectivity index is 4.34. The number of aliphatic hydroxyl groups excluding tert-OH is 1. The molecule has 4 heteroatoms. The smallest absolute Gasteiger partial charge is 0.224 e. The van der Waals surface area contributed by atoms with E-state index in [0.717, 1.165) is 0 Å². The molecule has 2 atom stereocenters. The topological polar surface area (TPSA) is 61.4 Å². The summed E-state index contributed by atoms with van der Waals surface area (Å²) in [6.07, 6.45) is 0.599. The zero-order chi connectivity index (χ0) is 12.8. The maximum Gasteiger partial charge on any atom is 0.224 e. The van der Waals surface area contributed by atoms with Crippen LogP contribution in [0.2, 0.25) is 0 Å². The monoisotopic (exact) mass is 230 g/mol. The first kappa shape index (κ1) is 15.4. The summed E-state index contributed by atoms with van der Waals surface area (Å²) < 4.78 is 0. The molecule has 0 fully saturated rings. The van der Waals surface area contributed by atoms with Gasteiger partial charge < -0.3 is 15.7 Å². The number of carbonyl (C=O) groups excluding carboxylic acids is 1. The lowest BCUT2D eigenvalue weighted by Gasteiger charge is -2.32. The van der Waals surface area contributed by atoms with Crippen LogP contribution in [0.5, 0.6) is 0 Å². The zero-order valence-electron chi connectivity index (χ0n) is 11.1. The Morgan fingerprint density at radius 2 is 1.94 bits per heavy atom. The molecule has 0 aliphatic carbocycles. The van der Waals surface area contributed by atoms with Crippen molar-refractivity contribution in [1.29, 1.82) is 0 Å². The van der Waals surface area contributed by atoms with E-state index in [-0.39, 0.29) is 29.9 Å². The average molecular weight is 230 g/mol. The second-order valence-corrected chi connectivity index (χ2v) is 5.40. The summed E-state index contributed by atoms with van der Waals surface area (Å²) in [7, 11) is 1.83. The Morgan fingerprint density at radius 1 is 1.38 bits per heavy atom. The van der Waals surface area contributed by atoms with Crippen LogP contribution in [0.3, 0.4) is 0 Å². The molecule has 0 rings (SSSR count). The van der Waals surface area contributed by atoms with Crippen molar-refractivity contribution in [2.24, 2.45) is 11.3 Å². The summed E-state index contributed by atoms with van der Waals surface area (Å²) >= 11 is 0. The third-order valence-electron chi connectivity index (χ3n) is 2.74. The maximum absolute atomic E-state index is 11.8. The highest BCUT2D eigenvalue weighted by atomic mass is 16.3. The molecule has 0 aliphatic heterocycles. The normalized spacial score (nSPS) is 15.6. The largest absolute Gasteiger partial charge is 0.396 e. The van der Waals surface area contributed by atoms with Crippen molar-refractivity contribution in [3.8, 4) is 0 Å². The van der Waals surface area contributed by atoms with Crippen LogP contribution in [-0.2, 0) is 4.79 Å². The van der Waals surface area contributed by atoms with Gasteiger partial charge in [0.25, 0.3) is 0 Å². The fourth-order valence-corrected chi connectivity index (χ4v) is 1.56. The molecule has 0 spiro atoms. The summed E-state index contributed by atoms with van der Waals surface area (Å²) in [6, 6.07) is 0.0179. The third kappa shape index (κ3) is 5.47. The third-order valence-corrected chi connectivity index (χ3v) is 2.74. The van der Waals surface area contributed by atoms with Crippen LogP contribution in [0.1, 0.15) is 34.1 Å². The van der Waals surface area contributed by atoms with Gasteiger partial charge in [0.05, 0.1) is 0 Å². The van der Waals surface area contributed by atoms with Gasteiger partial charge in [0.1, 0.15) is 0 Å². The SMILES string of the molecule is CNCC(C)C(=O)NC(CCO)C(C)(C)C. The molecule has 0 heterocycles. The van der Waals surface area contributed by atoms with E-state index in [2.05, 4.69) is 31.4 Å². The number of aliphatic hydroxyl groups is 1. The Labute approximate surface area is 98.8 Å². The number of rotatable bonds is 6. The Morgan fingerprint density at radius 3 is 2.31 bits per heavy atom. The van der Waals surface area contributed by atoms with Gasteiger partial charge in [-0.25, -0.2) is 0 Å². The van der Waals surface area contributed by atoms with Gasteiger partial charge in [0.15, 0.2) is 0 Å². The predicted octanol–water partition coefficient (Wildman–Crippen LogP) is 0.755. The van der Waals surface area contributed by atoms with Gasteiger partial charge in [0.2, 0.25) is 5.91 Å². The van der Waals surface area contributed by atoms with Gasteiger partial charge in [-0.2, -0.15) is 0 Å². The van der Waals surface area contributed by atoms with Crippen LogP contribution in [0.4, 0.5) is 0 Å². The van der Waals surface area contributed by atoms with E-state index in [1.54, 1.807) is 0 Å². The maximum atomic E-state index is 11.8. The molecule has 0 aromatic carbocycles. The van der Waals surface area contributed by atoms with Gasteiger partial charge in [-0.15, -0.1) is 0 Å². The van der Waals surface area contributed by atoms with Gasteiger partial charge in [-0.05, 0) is 18.9 Å². The van der Waals surface area contributed by atoms with Crippen LogP contribution >= 0.6 is 0 Å². The van der Waals surface area contributed by atoms with E-state index in [4.69, 9.17) is 5.11 Å². The molecular weight excluding hydrogens is 204 g/mol. The lowest BCUT2D eigenvalue weighted by Crippen LogP contribution is -2.47. The van der Waals surface area contributed by atoms with Crippen LogP contribution in [0.25, 0.3) is 0 Å². The Kier molecular flexibility index (Phi) is 6.60. The molecule has 0 aromatic rings. The summed E-state index contributed by atoms with van der Waals surface area (Å²) in [5.74, 6) is -0.00346. The highest BCUT2D eigenvalue weighted by molar-refractivity contribution is 5.78. The van der Waals surface area contributed by atoms with E-state index < -0.39 is 0 Å². The van der Waals surface area contributed by atoms with Crippen molar-refractivity contribution < 1.29 is 9.90 Å². The average Bonchev–Trinajstić information content (AvgIpc) is 2.15. The molecular formula is C12H26N2O2. The number of amides is 1. The fourth-order valence-electron chi connectivity index (χ4n) is 1.56. The van der Waals surface area contributed by atoms with E-state index in [9.17, 15) is 4.79 Å². The van der Waals surface area contributed by atoms with E-state index >= 15 is 0 Å². The lowest BCUT2D eigenvalue weighted by atomic mass is 9.84. The molecule has 96 valence electrons. The van der Waals surface area contributed by atoms with Crippen molar-refractivity contribution >= 4 is 5.91 Å². The summed E-state index contributed by atoms with van der Waals surface area (Å²) in [5.41, 5.74) is -0.0300. The number of nitrogens with one attached hydrogen (secondary N) is 2. The summed E-state index contributed by atoms with van der Waals surface area (Å²) in [4.78, 5) is 11.8. The Bertz CT molecular complexity index is 212. The summed E-state index contributed by atoms with van der Waals surface area (Å²) in [5, 5.41) is 15.0. The van der Waals surface area contributed by atoms with Gasteiger partial charge in [-0.3, -0.25) is 4.79 Å². The molecule has 0 saturated heterocycles.